The maximum absolute atomic E-state index is 12.0. The van der Waals surface area contributed by atoms with E-state index in [9.17, 15) is 4.79 Å². The number of aliphatic imine (C=N–C) groups is 1. The fraction of sp³-hybridized carbons (Fsp3) is 0.333. The Morgan fingerprint density at radius 1 is 0.833 bits per heavy atom. The fourth-order valence-electron chi connectivity index (χ4n) is 2.78. The van der Waals surface area contributed by atoms with Crippen molar-refractivity contribution in [2.24, 2.45) is 15.8 Å². The van der Waals surface area contributed by atoms with Crippen LogP contribution < -0.4 is 0 Å². The Balaban J connectivity index is 2.41. The van der Waals surface area contributed by atoms with E-state index in [-0.39, 0.29) is 5.12 Å². The lowest BCUT2D eigenvalue weighted by Crippen LogP contribution is -2.44. The second-order valence-corrected chi connectivity index (χ2v) is 7.48. The Kier molecular flexibility index (Phi) is 5.34. The first-order valence-corrected chi connectivity index (χ1v) is 8.53. The smallest absolute Gasteiger partial charge is 0.192 e. The second kappa shape index (κ2) is 6.94. The number of benzene rings is 2. The van der Waals surface area contributed by atoms with Gasteiger partial charge in [-0.25, -0.2) is 0 Å². The van der Waals surface area contributed by atoms with E-state index in [4.69, 9.17) is 0 Å². The van der Waals surface area contributed by atoms with E-state index < -0.39 is 10.8 Å². The van der Waals surface area contributed by atoms with Crippen molar-refractivity contribution in [3.63, 3.8) is 0 Å². The summed E-state index contributed by atoms with van der Waals surface area (Å²) in [5.74, 6) is 0. The molecule has 2 aromatic rings. The van der Waals surface area contributed by atoms with Gasteiger partial charge in [0.1, 0.15) is 0 Å². The number of thiol groups is 1. The maximum Gasteiger partial charge on any atom is 0.192 e. The van der Waals surface area contributed by atoms with Crippen LogP contribution in [0.1, 0.15) is 33.3 Å². The fourth-order valence-corrected chi connectivity index (χ4v) is 3.06. The molecule has 0 saturated carbocycles. The molecule has 0 aliphatic carbocycles. The van der Waals surface area contributed by atoms with Gasteiger partial charge in [0.25, 0.3) is 0 Å². The lowest BCUT2D eigenvalue weighted by molar-refractivity contribution is -0.121. The molecule has 0 atom stereocenters. The van der Waals surface area contributed by atoms with Gasteiger partial charge in [-0.2, -0.15) is 0 Å². The van der Waals surface area contributed by atoms with Crippen molar-refractivity contribution in [2.45, 2.75) is 27.7 Å². The monoisotopic (exact) mass is 339 g/mol. The number of rotatable bonds is 5. The molecule has 0 aliphatic rings. The molecule has 2 nitrogen and oxygen atoms in total. The van der Waals surface area contributed by atoms with Crippen LogP contribution in [0.4, 0.5) is 0 Å². The first-order valence-electron chi connectivity index (χ1n) is 8.08. The molecule has 0 fully saturated rings. The van der Waals surface area contributed by atoms with Gasteiger partial charge in [-0.3, -0.25) is 9.79 Å². The molecule has 2 aromatic carbocycles. The second-order valence-electron chi connectivity index (χ2n) is 7.07. The highest BCUT2D eigenvalue weighted by Crippen LogP contribution is 2.43. The number of nitrogens with zero attached hydrogens (tertiary/aromatic N) is 1. The largest absolute Gasteiger partial charge is 0.292 e. The van der Waals surface area contributed by atoms with Gasteiger partial charge in [0.05, 0.1) is 0 Å². The Bertz CT molecular complexity index is 743. The third-order valence-corrected chi connectivity index (χ3v) is 5.74. The molecule has 3 heteroatoms. The molecule has 24 heavy (non-hydrogen) atoms. The highest BCUT2D eigenvalue weighted by atomic mass is 32.1. The Labute approximate surface area is 150 Å². The standard InChI is InChI=1S/C21H25NOS/c1-20(2,21(3,4)19(23)24)18(22-5)17-13-11-16(12-14-17)15-9-7-6-8-10-15/h6-14H,1-5H3,(H,23,24). The van der Waals surface area contributed by atoms with Crippen molar-refractivity contribution in [1.29, 1.82) is 0 Å². The number of hydrogen-bond donors (Lipinski definition) is 1. The molecule has 2 rings (SSSR count). The molecule has 0 radical (unpaired) electrons. The Morgan fingerprint density at radius 3 is 1.79 bits per heavy atom. The summed E-state index contributed by atoms with van der Waals surface area (Å²) < 4.78 is 0. The van der Waals surface area contributed by atoms with E-state index in [2.05, 4.69) is 67.9 Å². The van der Waals surface area contributed by atoms with Crippen LogP contribution >= 0.6 is 12.6 Å². The molecule has 0 N–H and O–H groups in total. The molecule has 0 saturated heterocycles. The third kappa shape index (κ3) is 3.32. The molecule has 0 aromatic heterocycles. The minimum atomic E-state index is -0.622. The average Bonchev–Trinajstić information content (AvgIpc) is 2.56. The molecule has 0 unspecified atom stereocenters. The summed E-state index contributed by atoms with van der Waals surface area (Å²) >= 11 is 4.09. The van der Waals surface area contributed by atoms with Gasteiger partial charge in [-0.15, -0.1) is 12.6 Å². The SMILES string of the molecule is CN=C(c1ccc(-c2ccccc2)cc1)C(C)(C)C(C)(C)C(=O)S. The summed E-state index contributed by atoms with van der Waals surface area (Å²) in [7, 11) is 1.78. The molecule has 126 valence electrons. The quantitative estimate of drug-likeness (QED) is 0.583. The van der Waals surface area contributed by atoms with Gasteiger partial charge in [0, 0.05) is 23.6 Å². The zero-order valence-electron chi connectivity index (χ0n) is 15.0. The minimum Gasteiger partial charge on any atom is -0.292 e. The normalized spacial score (nSPS) is 13.0. The average molecular weight is 340 g/mol. The van der Waals surface area contributed by atoms with Gasteiger partial charge >= 0.3 is 0 Å². The van der Waals surface area contributed by atoms with Crippen molar-refractivity contribution < 1.29 is 4.79 Å². The van der Waals surface area contributed by atoms with E-state index in [1.54, 1.807) is 7.05 Å². The van der Waals surface area contributed by atoms with Gasteiger partial charge in [0.2, 0.25) is 0 Å². The van der Waals surface area contributed by atoms with Crippen molar-refractivity contribution >= 4 is 23.5 Å². The lowest BCUT2D eigenvalue weighted by Gasteiger charge is -2.40. The number of hydrogen-bond acceptors (Lipinski definition) is 2. The van der Waals surface area contributed by atoms with Crippen LogP contribution in [0.15, 0.2) is 59.6 Å². The van der Waals surface area contributed by atoms with E-state index in [0.717, 1.165) is 16.8 Å². The van der Waals surface area contributed by atoms with Crippen molar-refractivity contribution in [3.05, 3.63) is 60.2 Å². The van der Waals surface area contributed by atoms with Gasteiger partial charge in [-0.1, -0.05) is 82.3 Å². The van der Waals surface area contributed by atoms with E-state index >= 15 is 0 Å². The first-order chi connectivity index (χ1) is 11.2. The molecule has 0 heterocycles. The molecule has 0 spiro atoms. The number of carbonyl (C=O) groups excluding carboxylic acids is 1. The van der Waals surface area contributed by atoms with Crippen LogP contribution in [0.3, 0.4) is 0 Å². The Hall–Kier alpha value is -1.87. The summed E-state index contributed by atoms with van der Waals surface area (Å²) in [4.78, 5) is 16.5. The van der Waals surface area contributed by atoms with Crippen LogP contribution in [-0.4, -0.2) is 17.9 Å². The third-order valence-electron chi connectivity index (χ3n) is 5.18. The molecule has 0 bridgehead atoms. The summed E-state index contributed by atoms with van der Waals surface area (Å²) in [6.07, 6.45) is 0. The number of carbonyl (C=O) groups is 1. The van der Waals surface area contributed by atoms with E-state index in [1.807, 2.05) is 32.0 Å². The van der Waals surface area contributed by atoms with E-state index in [1.165, 1.54) is 5.56 Å². The van der Waals surface area contributed by atoms with Gasteiger partial charge in [0.15, 0.2) is 5.12 Å². The Morgan fingerprint density at radius 2 is 1.33 bits per heavy atom. The van der Waals surface area contributed by atoms with Crippen molar-refractivity contribution in [1.82, 2.24) is 0 Å². The van der Waals surface area contributed by atoms with E-state index in [0.29, 0.717) is 0 Å². The van der Waals surface area contributed by atoms with Crippen molar-refractivity contribution in [2.75, 3.05) is 7.05 Å². The summed E-state index contributed by atoms with van der Waals surface area (Å²) in [6, 6.07) is 18.6. The molecular formula is C21H25NOS. The summed E-state index contributed by atoms with van der Waals surface area (Å²) in [6.45, 7) is 7.95. The van der Waals surface area contributed by atoms with Crippen LogP contribution in [0.25, 0.3) is 11.1 Å². The lowest BCUT2D eigenvalue weighted by atomic mass is 9.64. The van der Waals surface area contributed by atoms with Crippen LogP contribution in [0, 0.1) is 10.8 Å². The van der Waals surface area contributed by atoms with Crippen LogP contribution in [0.5, 0.6) is 0 Å². The zero-order valence-corrected chi connectivity index (χ0v) is 15.9. The van der Waals surface area contributed by atoms with Crippen LogP contribution in [-0.2, 0) is 4.79 Å². The highest BCUT2D eigenvalue weighted by molar-refractivity contribution is 7.96. The highest BCUT2D eigenvalue weighted by Gasteiger charge is 2.45. The zero-order chi connectivity index (χ0) is 18.0. The van der Waals surface area contributed by atoms with Gasteiger partial charge < -0.3 is 0 Å². The topological polar surface area (TPSA) is 29.4 Å². The first kappa shape index (κ1) is 18.5. The predicted octanol–water partition coefficient (Wildman–Crippen LogP) is 5.28. The maximum atomic E-state index is 12.0. The summed E-state index contributed by atoms with van der Waals surface area (Å²) in [5, 5.41) is -0.130. The molecular weight excluding hydrogens is 314 g/mol. The van der Waals surface area contributed by atoms with Gasteiger partial charge in [-0.05, 0) is 16.7 Å². The minimum absolute atomic E-state index is 0.130. The molecule has 0 aliphatic heterocycles. The van der Waals surface area contributed by atoms with Crippen molar-refractivity contribution in [3.8, 4) is 11.1 Å². The molecule has 0 amide bonds. The predicted molar refractivity (Wildman–Crippen MR) is 106 cm³/mol. The summed E-state index contributed by atoms with van der Waals surface area (Å²) in [5.41, 5.74) is 3.23. The van der Waals surface area contributed by atoms with Crippen LogP contribution in [0.2, 0.25) is 0 Å².